The molecule has 1 heterocycles. The summed E-state index contributed by atoms with van der Waals surface area (Å²) in [6, 6.07) is 6.35. The van der Waals surface area contributed by atoms with E-state index in [0.717, 1.165) is 31.5 Å². The standard InChI is InChI=1S/C14H21N3O/c1-10-2-3-12(9-15)13(8-10)17-6-4-11(5-7-17)14(16)18/h2-3,8,11H,4-7,9,15H2,1H3,(H2,16,18). The van der Waals surface area contributed by atoms with Gasteiger partial charge in [-0.15, -0.1) is 0 Å². The predicted molar refractivity (Wildman–Crippen MR) is 73.2 cm³/mol. The smallest absolute Gasteiger partial charge is 0.220 e. The molecule has 2 rings (SSSR count). The maximum Gasteiger partial charge on any atom is 0.220 e. The number of piperidine rings is 1. The highest BCUT2D eigenvalue weighted by molar-refractivity contribution is 5.77. The summed E-state index contributed by atoms with van der Waals surface area (Å²) < 4.78 is 0. The maximum atomic E-state index is 11.2. The molecule has 18 heavy (non-hydrogen) atoms. The molecular weight excluding hydrogens is 226 g/mol. The molecule has 0 atom stereocenters. The van der Waals surface area contributed by atoms with E-state index in [1.165, 1.54) is 11.3 Å². The zero-order valence-corrected chi connectivity index (χ0v) is 10.9. The summed E-state index contributed by atoms with van der Waals surface area (Å²) in [7, 11) is 0. The number of benzene rings is 1. The molecule has 0 aromatic heterocycles. The molecular formula is C14H21N3O. The Bertz CT molecular complexity index is 437. The van der Waals surface area contributed by atoms with Crippen LogP contribution in [0.15, 0.2) is 18.2 Å². The van der Waals surface area contributed by atoms with E-state index in [1.807, 2.05) is 0 Å². The molecule has 4 heteroatoms. The molecule has 98 valence electrons. The average Bonchev–Trinajstić information content (AvgIpc) is 2.39. The minimum Gasteiger partial charge on any atom is -0.371 e. The van der Waals surface area contributed by atoms with E-state index in [-0.39, 0.29) is 11.8 Å². The number of nitrogens with zero attached hydrogens (tertiary/aromatic N) is 1. The third-order valence-corrected chi connectivity index (χ3v) is 3.70. The van der Waals surface area contributed by atoms with Crippen LogP contribution in [0.3, 0.4) is 0 Å². The maximum absolute atomic E-state index is 11.2. The van der Waals surface area contributed by atoms with Gasteiger partial charge in [0.25, 0.3) is 0 Å². The van der Waals surface area contributed by atoms with Gasteiger partial charge in [0.05, 0.1) is 0 Å². The van der Waals surface area contributed by atoms with Crippen molar-refractivity contribution in [2.75, 3.05) is 18.0 Å². The fourth-order valence-electron chi connectivity index (χ4n) is 2.55. The van der Waals surface area contributed by atoms with E-state index < -0.39 is 0 Å². The number of aryl methyl sites for hydroxylation is 1. The number of anilines is 1. The fourth-order valence-corrected chi connectivity index (χ4v) is 2.55. The van der Waals surface area contributed by atoms with Crippen molar-refractivity contribution in [1.82, 2.24) is 0 Å². The Morgan fingerprint density at radius 3 is 2.61 bits per heavy atom. The van der Waals surface area contributed by atoms with Gasteiger partial charge in [-0.1, -0.05) is 12.1 Å². The summed E-state index contributed by atoms with van der Waals surface area (Å²) in [5.41, 5.74) is 14.7. The first-order valence-corrected chi connectivity index (χ1v) is 6.45. The topological polar surface area (TPSA) is 72.3 Å². The molecule has 1 aromatic rings. The molecule has 1 aliphatic rings. The monoisotopic (exact) mass is 247 g/mol. The molecule has 0 spiro atoms. The molecule has 1 aliphatic heterocycles. The Kier molecular flexibility index (Phi) is 3.87. The highest BCUT2D eigenvalue weighted by Crippen LogP contribution is 2.27. The second kappa shape index (κ2) is 5.40. The number of rotatable bonds is 3. The van der Waals surface area contributed by atoms with Gasteiger partial charge in [0.2, 0.25) is 5.91 Å². The molecule has 0 radical (unpaired) electrons. The van der Waals surface area contributed by atoms with Gasteiger partial charge in [-0.05, 0) is 37.0 Å². The number of primary amides is 1. The number of carbonyl (C=O) groups excluding carboxylic acids is 1. The first-order chi connectivity index (χ1) is 8.61. The van der Waals surface area contributed by atoms with Gasteiger partial charge < -0.3 is 16.4 Å². The second-order valence-electron chi connectivity index (χ2n) is 5.00. The molecule has 0 aliphatic carbocycles. The fraction of sp³-hybridized carbons (Fsp3) is 0.500. The van der Waals surface area contributed by atoms with Crippen LogP contribution in [0.2, 0.25) is 0 Å². The quantitative estimate of drug-likeness (QED) is 0.841. The number of hydrogen-bond donors (Lipinski definition) is 2. The third kappa shape index (κ3) is 2.64. The van der Waals surface area contributed by atoms with E-state index in [2.05, 4.69) is 30.0 Å². The van der Waals surface area contributed by atoms with Crippen LogP contribution >= 0.6 is 0 Å². The molecule has 1 fully saturated rings. The lowest BCUT2D eigenvalue weighted by Crippen LogP contribution is -2.39. The van der Waals surface area contributed by atoms with Crippen molar-refractivity contribution in [2.24, 2.45) is 17.4 Å². The number of nitrogens with two attached hydrogens (primary N) is 2. The Morgan fingerprint density at radius 1 is 1.39 bits per heavy atom. The average molecular weight is 247 g/mol. The predicted octanol–water partition coefficient (Wildman–Crippen LogP) is 1.16. The van der Waals surface area contributed by atoms with Crippen LogP contribution in [0.4, 0.5) is 5.69 Å². The van der Waals surface area contributed by atoms with Crippen LogP contribution in [-0.2, 0) is 11.3 Å². The number of carbonyl (C=O) groups is 1. The summed E-state index contributed by atoms with van der Waals surface area (Å²) in [5.74, 6) is -0.134. The minimum atomic E-state index is -0.169. The largest absolute Gasteiger partial charge is 0.371 e. The first-order valence-electron chi connectivity index (χ1n) is 6.45. The second-order valence-corrected chi connectivity index (χ2v) is 5.00. The van der Waals surface area contributed by atoms with Crippen LogP contribution in [0.5, 0.6) is 0 Å². The van der Waals surface area contributed by atoms with Crippen molar-refractivity contribution in [3.05, 3.63) is 29.3 Å². The van der Waals surface area contributed by atoms with Crippen molar-refractivity contribution < 1.29 is 4.79 Å². The zero-order chi connectivity index (χ0) is 13.1. The van der Waals surface area contributed by atoms with Crippen LogP contribution in [0.25, 0.3) is 0 Å². The van der Waals surface area contributed by atoms with E-state index in [9.17, 15) is 4.79 Å². The Balaban J connectivity index is 2.14. The van der Waals surface area contributed by atoms with E-state index in [4.69, 9.17) is 11.5 Å². The highest BCUT2D eigenvalue weighted by atomic mass is 16.1. The molecule has 1 amide bonds. The van der Waals surface area contributed by atoms with Crippen LogP contribution < -0.4 is 16.4 Å². The molecule has 0 bridgehead atoms. The van der Waals surface area contributed by atoms with Gasteiger partial charge in [0.15, 0.2) is 0 Å². The van der Waals surface area contributed by atoms with E-state index in [1.54, 1.807) is 0 Å². The minimum absolute atomic E-state index is 0.0346. The van der Waals surface area contributed by atoms with Gasteiger partial charge in [-0.25, -0.2) is 0 Å². The van der Waals surface area contributed by atoms with Crippen molar-refractivity contribution in [1.29, 1.82) is 0 Å². The Morgan fingerprint density at radius 2 is 2.06 bits per heavy atom. The van der Waals surface area contributed by atoms with Crippen LogP contribution in [0.1, 0.15) is 24.0 Å². The Hall–Kier alpha value is -1.55. The Labute approximate surface area is 108 Å². The molecule has 1 saturated heterocycles. The highest BCUT2D eigenvalue weighted by Gasteiger charge is 2.24. The van der Waals surface area contributed by atoms with Crippen molar-refractivity contribution in [3.63, 3.8) is 0 Å². The van der Waals surface area contributed by atoms with Crippen molar-refractivity contribution in [2.45, 2.75) is 26.3 Å². The number of amides is 1. The van der Waals surface area contributed by atoms with Crippen molar-refractivity contribution in [3.8, 4) is 0 Å². The van der Waals surface area contributed by atoms with Gasteiger partial charge >= 0.3 is 0 Å². The normalized spacial score (nSPS) is 16.9. The first kappa shape index (κ1) is 12.9. The summed E-state index contributed by atoms with van der Waals surface area (Å²) in [6.45, 7) is 4.39. The lowest BCUT2D eigenvalue weighted by molar-refractivity contribution is -0.122. The summed E-state index contributed by atoms with van der Waals surface area (Å²) in [6.07, 6.45) is 1.68. The van der Waals surface area contributed by atoms with Crippen molar-refractivity contribution >= 4 is 11.6 Å². The summed E-state index contributed by atoms with van der Waals surface area (Å²) >= 11 is 0. The molecule has 0 unspecified atom stereocenters. The van der Waals surface area contributed by atoms with Crippen LogP contribution in [0, 0.1) is 12.8 Å². The lowest BCUT2D eigenvalue weighted by Gasteiger charge is -2.33. The summed E-state index contributed by atoms with van der Waals surface area (Å²) in [4.78, 5) is 13.5. The summed E-state index contributed by atoms with van der Waals surface area (Å²) in [5, 5.41) is 0. The van der Waals surface area contributed by atoms with Gasteiger partial charge in [0.1, 0.15) is 0 Å². The molecule has 4 N–H and O–H groups in total. The van der Waals surface area contributed by atoms with E-state index in [0.29, 0.717) is 6.54 Å². The zero-order valence-electron chi connectivity index (χ0n) is 10.9. The van der Waals surface area contributed by atoms with Gasteiger partial charge in [0, 0.05) is 31.2 Å². The third-order valence-electron chi connectivity index (χ3n) is 3.70. The molecule has 1 aromatic carbocycles. The van der Waals surface area contributed by atoms with Crippen LogP contribution in [-0.4, -0.2) is 19.0 Å². The van der Waals surface area contributed by atoms with Gasteiger partial charge in [-0.2, -0.15) is 0 Å². The number of hydrogen-bond acceptors (Lipinski definition) is 3. The van der Waals surface area contributed by atoms with E-state index >= 15 is 0 Å². The molecule has 4 nitrogen and oxygen atoms in total. The SMILES string of the molecule is Cc1ccc(CN)c(N2CCC(C(N)=O)CC2)c1. The lowest BCUT2D eigenvalue weighted by atomic mass is 9.95. The molecule has 0 saturated carbocycles. The van der Waals surface area contributed by atoms with Gasteiger partial charge in [-0.3, -0.25) is 4.79 Å².